The normalized spacial score (nSPS) is 18.4. The Bertz CT molecular complexity index is 848. The quantitative estimate of drug-likeness (QED) is 0.423. The second-order valence-electron chi connectivity index (χ2n) is 6.67. The molecule has 1 fully saturated rings. The highest BCUT2D eigenvalue weighted by atomic mass is 19.4. The van der Waals surface area contributed by atoms with Crippen LogP contribution in [0.4, 0.5) is 22.4 Å². The number of aliphatic hydroxyl groups is 1. The van der Waals surface area contributed by atoms with Crippen LogP contribution in [0.15, 0.2) is 24.3 Å². The molecule has 3 N–H and O–H groups in total. The van der Waals surface area contributed by atoms with Crippen molar-refractivity contribution in [3.63, 3.8) is 0 Å². The van der Waals surface area contributed by atoms with Crippen molar-refractivity contribution >= 4 is 23.8 Å². The number of amides is 4. The maximum Gasteiger partial charge on any atom is 0.405 e. The molecule has 0 bridgehead atoms. The molecule has 0 spiro atoms. The van der Waals surface area contributed by atoms with Gasteiger partial charge in [0.15, 0.2) is 6.61 Å². The molecule has 0 saturated carbocycles. The van der Waals surface area contributed by atoms with Crippen molar-refractivity contribution in [3.8, 4) is 0 Å². The number of esters is 1. The minimum Gasteiger partial charge on any atom is -0.454 e. The maximum atomic E-state index is 13.8. The minimum atomic E-state index is -4.67. The predicted molar refractivity (Wildman–Crippen MR) is 94.8 cm³/mol. The van der Waals surface area contributed by atoms with Crippen LogP contribution in [0.2, 0.25) is 0 Å². The van der Waals surface area contributed by atoms with Crippen LogP contribution in [-0.2, 0) is 25.5 Å². The monoisotopic (exact) mass is 449 g/mol. The number of aliphatic hydroxyl groups excluding tert-OH is 1. The Kier molecular flexibility index (Phi) is 7.91. The lowest BCUT2D eigenvalue weighted by Gasteiger charge is -2.23. The van der Waals surface area contributed by atoms with Gasteiger partial charge in [-0.2, -0.15) is 13.2 Å². The fourth-order valence-corrected chi connectivity index (χ4v) is 2.84. The number of rotatable bonds is 6. The summed E-state index contributed by atoms with van der Waals surface area (Å²) in [6.45, 7) is -2.87. The van der Waals surface area contributed by atoms with E-state index in [1.807, 2.05) is 0 Å². The lowest BCUT2D eigenvalue weighted by molar-refractivity contribution is -0.155. The van der Waals surface area contributed by atoms with Gasteiger partial charge in [-0.15, -0.1) is 0 Å². The van der Waals surface area contributed by atoms with Crippen LogP contribution in [0, 0.1) is 5.82 Å². The molecule has 1 aliphatic heterocycles. The van der Waals surface area contributed by atoms with E-state index in [1.165, 1.54) is 23.5 Å². The number of alkyl halides is 3. The molecule has 0 aromatic heterocycles. The van der Waals surface area contributed by atoms with Crippen LogP contribution in [-0.4, -0.2) is 71.8 Å². The van der Waals surface area contributed by atoms with Crippen molar-refractivity contribution in [2.75, 3.05) is 19.7 Å². The number of nitrogens with one attached hydrogen (secondary N) is 2. The molecule has 0 radical (unpaired) electrons. The van der Waals surface area contributed by atoms with Crippen LogP contribution >= 0.6 is 0 Å². The zero-order valence-corrected chi connectivity index (χ0v) is 15.9. The van der Waals surface area contributed by atoms with Gasteiger partial charge in [0.2, 0.25) is 5.91 Å². The highest BCUT2D eigenvalue weighted by Crippen LogP contribution is 2.21. The Labute approximate surface area is 173 Å². The van der Waals surface area contributed by atoms with E-state index >= 15 is 0 Å². The van der Waals surface area contributed by atoms with Gasteiger partial charge in [-0.25, -0.2) is 14.0 Å². The summed E-state index contributed by atoms with van der Waals surface area (Å²) < 4.78 is 54.5. The number of benzene rings is 1. The lowest BCUT2D eigenvalue weighted by atomic mass is 10.1. The Morgan fingerprint density at radius 1 is 1.19 bits per heavy atom. The second kappa shape index (κ2) is 10.2. The molecule has 9 nitrogen and oxygen atoms in total. The van der Waals surface area contributed by atoms with Gasteiger partial charge < -0.3 is 20.1 Å². The molecule has 2 rings (SSSR count). The van der Waals surface area contributed by atoms with Crippen molar-refractivity contribution in [2.24, 2.45) is 0 Å². The van der Waals surface area contributed by atoms with Gasteiger partial charge in [0.25, 0.3) is 5.91 Å². The van der Waals surface area contributed by atoms with Crippen LogP contribution in [0.5, 0.6) is 0 Å². The summed E-state index contributed by atoms with van der Waals surface area (Å²) in [6, 6.07) is 2.84. The van der Waals surface area contributed by atoms with E-state index in [0.29, 0.717) is 0 Å². The summed E-state index contributed by atoms with van der Waals surface area (Å²) in [4.78, 5) is 48.5. The number of halogens is 4. The van der Waals surface area contributed by atoms with E-state index in [9.17, 15) is 41.8 Å². The van der Waals surface area contributed by atoms with Crippen LogP contribution < -0.4 is 10.6 Å². The molecule has 13 heteroatoms. The summed E-state index contributed by atoms with van der Waals surface area (Å²) in [7, 11) is 0. The number of nitrogens with zero attached hydrogens (tertiary/aromatic N) is 1. The third-order valence-corrected chi connectivity index (χ3v) is 4.22. The first-order valence-electron chi connectivity index (χ1n) is 8.98. The van der Waals surface area contributed by atoms with Crippen molar-refractivity contribution in [1.29, 1.82) is 0 Å². The number of imide groups is 1. The first-order chi connectivity index (χ1) is 14.5. The number of likely N-dealkylation sites (tertiary alicyclic amines) is 1. The predicted octanol–water partition coefficient (Wildman–Crippen LogP) is 0.261. The average Bonchev–Trinajstić information content (AvgIpc) is 3.08. The minimum absolute atomic E-state index is 0.0882. The molecule has 0 aliphatic carbocycles. The first-order valence-corrected chi connectivity index (χ1v) is 8.98. The third kappa shape index (κ3) is 7.51. The zero-order valence-electron chi connectivity index (χ0n) is 15.9. The first kappa shape index (κ1) is 24.1. The Morgan fingerprint density at radius 2 is 1.87 bits per heavy atom. The lowest BCUT2D eigenvalue weighted by Crippen LogP contribution is -2.46. The molecule has 1 aromatic carbocycles. The van der Waals surface area contributed by atoms with Crippen molar-refractivity contribution < 1.29 is 46.6 Å². The number of hydrogen-bond acceptors (Lipinski definition) is 6. The maximum absolute atomic E-state index is 13.8. The Morgan fingerprint density at radius 3 is 2.52 bits per heavy atom. The second-order valence-corrected chi connectivity index (χ2v) is 6.67. The largest absolute Gasteiger partial charge is 0.454 e. The summed E-state index contributed by atoms with van der Waals surface area (Å²) in [5, 5.41) is 12.8. The molecule has 2 atom stereocenters. The molecule has 1 aliphatic rings. The molecule has 1 aromatic rings. The molecular formula is C18H19F4N3O6. The third-order valence-electron chi connectivity index (χ3n) is 4.22. The number of ether oxygens (including phenoxy) is 1. The Hall–Kier alpha value is -3.22. The van der Waals surface area contributed by atoms with E-state index in [4.69, 9.17) is 4.74 Å². The fraction of sp³-hybridized carbons (Fsp3) is 0.444. The topological polar surface area (TPSA) is 125 Å². The van der Waals surface area contributed by atoms with Gasteiger partial charge in [0, 0.05) is 13.0 Å². The fourth-order valence-electron chi connectivity index (χ4n) is 2.84. The van der Waals surface area contributed by atoms with E-state index in [-0.39, 0.29) is 24.9 Å². The highest BCUT2D eigenvalue weighted by Gasteiger charge is 2.40. The van der Waals surface area contributed by atoms with E-state index in [0.717, 1.165) is 11.0 Å². The molecule has 2 unspecified atom stereocenters. The standard InChI is InChI=1S/C18H19F4N3O6/c19-12-4-2-1-3-10(12)5-15(28)25-7-11(26)6-13(25)16(29)31-8-14(27)24-17(30)23-9-18(20,21)22/h1-4,11,13,26H,5-9H2,(H2,23,24,27,30). The SMILES string of the molecule is O=C(COC(=O)C1CC(O)CN1C(=O)Cc1ccccc1F)NC(=O)NCC(F)(F)F. The smallest absolute Gasteiger partial charge is 0.405 e. The van der Waals surface area contributed by atoms with Crippen molar-refractivity contribution in [2.45, 2.75) is 31.2 Å². The molecule has 31 heavy (non-hydrogen) atoms. The summed E-state index contributed by atoms with van der Waals surface area (Å²) in [6.07, 6.45) is -6.28. The van der Waals surface area contributed by atoms with E-state index < -0.39 is 61.1 Å². The summed E-state index contributed by atoms with van der Waals surface area (Å²) >= 11 is 0. The number of carbonyl (C=O) groups is 4. The average molecular weight is 449 g/mol. The van der Waals surface area contributed by atoms with Gasteiger partial charge in [-0.3, -0.25) is 14.9 Å². The van der Waals surface area contributed by atoms with Gasteiger partial charge in [0.05, 0.1) is 12.5 Å². The molecule has 1 heterocycles. The highest BCUT2D eigenvalue weighted by molar-refractivity contribution is 5.96. The zero-order chi connectivity index (χ0) is 23.2. The van der Waals surface area contributed by atoms with Gasteiger partial charge in [-0.05, 0) is 11.6 Å². The number of hydrogen-bond donors (Lipinski definition) is 3. The van der Waals surface area contributed by atoms with Gasteiger partial charge in [0.1, 0.15) is 18.4 Å². The molecule has 4 amide bonds. The number of β-amino-alcohol motifs (C(OH)–C–C–N with tert-alkyl or cyclic N) is 1. The van der Waals surface area contributed by atoms with Crippen LogP contribution in [0.1, 0.15) is 12.0 Å². The van der Waals surface area contributed by atoms with Crippen LogP contribution in [0.25, 0.3) is 0 Å². The van der Waals surface area contributed by atoms with Gasteiger partial charge >= 0.3 is 18.2 Å². The number of carbonyl (C=O) groups excluding carboxylic acids is 4. The summed E-state index contributed by atoms with van der Waals surface area (Å²) in [5.41, 5.74) is 0.0882. The van der Waals surface area contributed by atoms with Crippen molar-refractivity contribution in [1.82, 2.24) is 15.5 Å². The van der Waals surface area contributed by atoms with Crippen LogP contribution in [0.3, 0.4) is 0 Å². The molecule has 1 saturated heterocycles. The summed E-state index contributed by atoms with van der Waals surface area (Å²) in [5.74, 6) is -3.53. The van der Waals surface area contributed by atoms with Crippen molar-refractivity contribution in [3.05, 3.63) is 35.6 Å². The van der Waals surface area contributed by atoms with E-state index in [2.05, 4.69) is 0 Å². The number of urea groups is 1. The molecule has 170 valence electrons. The Balaban J connectivity index is 1.88. The van der Waals surface area contributed by atoms with E-state index in [1.54, 1.807) is 5.32 Å². The molecular weight excluding hydrogens is 430 g/mol. The van der Waals surface area contributed by atoms with Gasteiger partial charge in [-0.1, -0.05) is 18.2 Å².